The van der Waals surface area contributed by atoms with Crippen LogP contribution in [-0.2, 0) is 0 Å². The summed E-state index contributed by atoms with van der Waals surface area (Å²) in [6.07, 6.45) is 8.15. The highest BCUT2D eigenvalue weighted by atomic mass is 35.5. The maximum atomic E-state index is 13.9. The smallest absolute Gasteiger partial charge is 0.256 e. The second-order valence-corrected chi connectivity index (χ2v) is 8.27. The van der Waals surface area contributed by atoms with E-state index in [9.17, 15) is 4.79 Å². The van der Waals surface area contributed by atoms with E-state index in [0.717, 1.165) is 12.8 Å². The molecule has 1 fully saturated rings. The van der Waals surface area contributed by atoms with Crippen LogP contribution in [0, 0.1) is 5.92 Å². The first-order chi connectivity index (χ1) is 16.0. The standard InChI is InChI=1S/C22H26ClN7O3/c1-14-5-4-8-29(18(14)13-26-22-24-11-15(23)12-25-22)21(31)16-9-19(32-2)20(33-3)10-17(16)30-27-6-7-28-30/h6-7,9-12,14,18H,4-5,8,13H2,1-3H3,(H,24,25,26). The van der Waals surface area contributed by atoms with Gasteiger partial charge in [-0.2, -0.15) is 15.0 Å². The van der Waals surface area contributed by atoms with Crippen LogP contribution >= 0.6 is 11.6 Å². The number of carbonyl (C=O) groups is 1. The Bertz CT molecular complexity index is 1090. The number of nitrogens with one attached hydrogen (secondary N) is 1. The summed E-state index contributed by atoms with van der Waals surface area (Å²) < 4.78 is 10.9. The van der Waals surface area contributed by atoms with Crippen LogP contribution in [0.5, 0.6) is 11.5 Å². The molecule has 1 aromatic carbocycles. The molecule has 0 radical (unpaired) electrons. The number of amides is 1. The molecule has 0 spiro atoms. The number of rotatable bonds is 7. The quantitative estimate of drug-likeness (QED) is 0.560. The number of likely N-dealkylation sites (tertiary alicyclic amines) is 1. The first-order valence-electron chi connectivity index (χ1n) is 10.7. The van der Waals surface area contributed by atoms with Crippen molar-refractivity contribution in [3.05, 3.63) is 47.5 Å². The monoisotopic (exact) mass is 471 g/mol. The molecule has 10 nitrogen and oxygen atoms in total. The Balaban J connectivity index is 1.66. The van der Waals surface area contributed by atoms with Gasteiger partial charge < -0.3 is 19.7 Å². The zero-order valence-corrected chi connectivity index (χ0v) is 19.5. The van der Waals surface area contributed by atoms with Crippen LogP contribution in [0.2, 0.25) is 5.02 Å². The number of piperidine rings is 1. The Morgan fingerprint density at radius 3 is 2.48 bits per heavy atom. The number of anilines is 1. The zero-order chi connectivity index (χ0) is 23.4. The fraction of sp³-hybridized carbons (Fsp3) is 0.409. The van der Waals surface area contributed by atoms with Crippen molar-refractivity contribution in [1.82, 2.24) is 29.9 Å². The molecule has 0 saturated carbocycles. The Hall–Kier alpha value is -3.40. The number of hydrogen-bond acceptors (Lipinski definition) is 8. The summed E-state index contributed by atoms with van der Waals surface area (Å²) in [7, 11) is 3.09. The average molecular weight is 472 g/mol. The lowest BCUT2D eigenvalue weighted by Gasteiger charge is -2.40. The molecule has 2 atom stereocenters. The molecule has 33 heavy (non-hydrogen) atoms. The van der Waals surface area contributed by atoms with Crippen molar-refractivity contribution in [3.8, 4) is 17.2 Å². The van der Waals surface area contributed by atoms with Gasteiger partial charge in [-0.1, -0.05) is 18.5 Å². The summed E-state index contributed by atoms with van der Waals surface area (Å²) in [5.74, 6) is 1.59. The Kier molecular flexibility index (Phi) is 6.93. The van der Waals surface area contributed by atoms with Crippen molar-refractivity contribution in [2.45, 2.75) is 25.8 Å². The van der Waals surface area contributed by atoms with Crippen molar-refractivity contribution in [1.29, 1.82) is 0 Å². The molecule has 2 unspecified atom stereocenters. The van der Waals surface area contributed by atoms with Crippen molar-refractivity contribution >= 4 is 23.5 Å². The molecule has 1 saturated heterocycles. The zero-order valence-electron chi connectivity index (χ0n) is 18.7. The SMILES string of the molecule is COc1cc(C(=O)N2CCCC(C)C2CNc2ncc(Cl)cn2)c(-n2nccn2)cc1OC. The highest BCUT2D eigenvalue weighted by molar-refractivity contribution is 6.30. The molecule has 174 valence electrons. The molecule has 1 aliphatic heterocycles. The van der Waals surface area contributed by atoms with Crippen molar-refractivity contribution in [3.63, 3.8) is 0 Å². The van der Waals surface area contributed by atoms with E-state index in [0.29, 0.717) is 46.8 Å². The molecule has 2 aromatic heterocycles. The number of hydrogen-bond donors (Lipinski definition) is 1. The van der Waals surface area contributed by atoms with Crippen LogP contribution < -0.4 is 14.8 Å². The summed E-state index contributed by atoms with van der Waals surface area (Å²) >= 11 is 5.88. The van der Waals surface area contributed by atoms with Gasteiger partial charge in [0.2, 0.25) is 5.95 Å². The Morgan fingerprint density at radius 2 is 1.82 bits per heavy atom. The Labute approximate surface area is 196 Å². The van der Waals surface area contributed by atoms with Crippen LogP contribution in [0.15, 0.2) is 36.9 Å². The second kappa shape index (κ2) is 10.0. The van der Waals surface area contributed by atoms with Crippen LogP contribution in [0.3, 0.4) is 0 Å². The molecule has 1 aliphatic rings. The Morgan fingerprint density at radius 1 is 1.15 bits per heavy atom. The van der Waals surface area contributed by atoms with Gasteiger partial charge in [0, 0.05) is 19.2 Å². The van der Waals surface area contributed by atoms with E-state index in [1.54, 1.807) is 38.7 Å². The molecule has 0 aliphatic carbocycles. The van der Waals surface area contributed by atoms with E-state index in [4.69, 9.17) is 21.1 Å². The van der Waals surface area contributed by atoms with Gasteiger partial charge in [-0.15, -0.1) is 0 Å². The number of carbonyl (C=O) groups excluding carboxylic acids is 1. The number of aromatic nitrogens is 5. The van der Waals surface area contributed by atoms with E-state index in [-0.39, 0.29) is 17.9 Å². The van der Waals surface area contributed by atoms with E-state index in [1.807, 2.05) is 4.90 Å². The summed E-state index contributed by atoms with van der Waals surface area (Å²) in [5, 5.41) is 12.2. The van der Waals surface area contributed by atoms with Crippen LogP contribution in [0.25, 0.3) is 5.69 Å². The van der Waals surface area contributed by atoms with Gasteiger partial charge in [-0.25, -0.2) is 9.97 Å². The minimum atomic E-state index is -0.126. The maximum Gasteiger partial charge on any atom is 0.256 e. The molecular weight excluding hydrogens is 446 g/mol. The predicted molar refractivity (Wildman–Crippen MR) is 123 cm³/mol. The molecule has 3 aromatic rings. The van der Waals surface area contributed by atoms with Crippen LogP contribution in [-0.4, -0.2) is 69.1 Å². The number of ether oxygens (including phenoxy) is 2. The summed E-state index contributed by atoms with van der Waals surface area (Å²) in [6.45, 7) is 3.30. The average Bonchev–Trinajstić information content (AvgIpc) is 3.37. The van der Waals surface area contributed by atoms with Crippen molar-refractivity contribution in [2.24, 2.45) is 5.92 Å². The van der Waals surface area contributed by atoms with Gasteiger partial charge in [0.1, 0.15) is 5.69 Å². The normalized spacial score (nSPS) is 18.1. The molecule has 0 bridgehead atoms. The van der Waals surface area contributed by atoms with E-state index in [1.165, 1.54) is 17.2 Å². The third kappa shape index (κ3) is 4.85. The first kappa shape index (κ1) is 22.8. The fourth-order valence-electron chi connectivity index (χ4n) is 4.11. The van der Waals surface area contributed by atoms with Crippen LogP contribution in [0.4, 0.5) is 5.95 Å². The third-order valence-electron chi connectivity index (χ3n) is 5.83. The van der Waals surface area contributed by atoms with Crippen molar-refractivity contribution < 1.29 is 14.3 Å². The second-order valence-electron chi connectivity index (χ2n) is 7.83. The van der Waals surface area contributed by atoms with Crippen molar-refractivity contribution in [2.75, 3.05) is 32.6 Å². The minimum Gasteiger partial charge on any atom is -0.493 e. The lowest BCUT2D eigenvalue weighted by atomic mass is 9.90. The largest absolute Gasteiger partial charge is 0.493 e. The van der Waals surface area contributed by atoms with Gasteiger partial charge in [0.05, 0.1) is 55.6 Å². The first-order valence-corrected chi connectivity index (χ1v) is 11.0. The fourth-order valence-corrected chi connectivity index (χ4v) is 4.21. The molecule has 11 heteroatoms. The van der Waals surface area contributed by atoms with E-state index < -0.39 is 0 Å². The van der Waals surface area contributed by atoms with E-state index in [2.05, 4.69) is 32.4 Å². The topological polar surface area (TPSA) is 107 Å². The van der Waals surface area contributed by atoms with Crippen LogP contribution in [0.1, 0.15) is 30.1 Å². The lowest BCUT2D eigenvalue weighted by molar-refractivity contribution is 0.0539. The molecule has 4 rings (SSSR count). The van der Waals surface area contributed by atoms with Gasteiger partial charge in [-0.3, -0.25) is 4.79 Å². The van der Waals surface area contributed by atoms with E-state index >= 15 is 0 Å². The van der Waals surface area contributed by atoms with Gasteiger partial charge in [-0.05, 0) is 24.8 Å². The van der Waals surface area contributed by atoms with Gasteiger partial charge in [0.15, 0.2) is 11.5 Å². The highest BCUT2D eigenvalue weighted by Crippen LogP contribution is 2.34. The molecule has 1 amide bonds. The molecular formula is C22H26ClN7O3. The molecule has 3 heterocycles. The highest BCUT2D eigenvalue weighted by Gasteiger charge is 2.34. The summed E-state index contributed by atoms with van der Waals surface area (Å²) in [4.78, 5) is 25.6. The third-order valence-corrected chi connectivity index (χ3v) is 6.03. The number of halogens is 1. The maximum absolute atomic E-state index is 13.9. The van der Waals surface area contributed by atoms with Gasteiger partial charge in [0.25, 0.3) is 5.91 Å². The number of methoxy groups -OCH3 is 2. The summed E-state index contributed by atoms with van der Waals surface area (Å²) in [6, 6.07) is 3.34. The molecule has 1 N–H and O–H groups in total. The predicted octanol–water partition coefficient (Wildman–Crippen LogP) is 3.08. The lowest BCUT2D eigenvalue weighted by Crippen LogP contribution is -2.51. The summed E-state index contributed by atoms with van der Waals surface area (Å²) in [5.41, 5.74) is 0.958. The minimum absolute atomic E-state index is 0.0583. The number of benzene rings is 1. The number of nitrogens with zero attached hydrogens (tertiary/aromatic N) is 6. The van der Waals surface area contributed by atoms with Gasteiger partial charge >= 0.3 is 0 Å².